The van der Waals surface area contributed by atoms with Crippen molar-refractivity contribution in [3.63, 3.8) is 0 Å². The van der Waals surface area contributed by atoms with Gasteiger partial charge in [-0.25, -0.2) is 31.9 Å². The van der Waals surface area contributed by atoms with Gasteiger partial charge in [-0.2, -0.15) is 0 Å². The number of halogens is 5. The van der Waals surface area contributed by atoms with Gasteiger partial charge in [0.15, 0.2) is 29.6 Å². The van der Waals surface area contributed by atoms with Crippen LogP contribution >= 0.6 is 0 Å². The van der Waals surface area contributed by atoms with Gasteiger partial charge in [0, 0.05) is 63.1 Å². The molecule has 7 rings (SSSR count). The Kier molecular flexibility index (Phi) is 11.5. The number of rotatable bonds is 10. The van der Waals surface area contributed by atoms with Crippen LogP contribution in [0.4, 0.5) is 27.9 Å². The lowest BCUT2D eigenvalue weighted by Gasteiger charge is -2.44. The highest BCUT2D eigenvalue weighted by Gasteiger charge is 2.39. The molecule has 2 aliphatic rings. The summed E-state index contributed by atoms with van der Waals surface area (Å²) in [4.78, 5) is 26.0. The van der Waals surface area contributed by atoms with Gasteiger partial charge in [0.2, 0.25) is 11.8 Å². The highest BCUT2D eigenvalue weighted by molar-refractivity contribution is 5.95. The molecule has 2 N–H and O–H groups in total. The largest absolute Gasteiger partial charge is 0.392 e. The van der Waals surface area contributed by atoms with Crippen molar-refractivity contribution in [2.24, 2.45) is 5.92 Å². The van der Waals surface area contributed by atoms with E-state index in [0.29, 0.717) is 23.6 Å². The molecule has 55 heavy (non-hydrogen) atoms. The molecule has 0 spiro atoms. The number of anilines is 1. The summed E-state index contributed by atoms with van der Waals surface area (Å²) in [5, 5.41) is 11.9. The van der Waals surface area contributed by atoms with Gasteiger partial charge in [0.25, 0.3) is 5.91 Å². The van der Waals surface area contributed by atoms with E-state index in [1.165, 1.54) is 0 Å². The Labute approximate surface area is 314 Å². The van der Waals surface area contributed by atoms with Gasteiger partial charge in [-0.15, -0.1) is 0 Å². The van der Waals surface area contributed by atoms with Gasteiger partial charge < -0.3 is 24.8 Å². The topological polar surface area (TPSA) is 100 Å². The van der Waals surface area contributed by atoms with E-state index in [1.54, 1.807) is 42.7 Å². The van der Waals surface area contributed by atoms with E-state index >= 15 is 0 Å². The van der Waals surface area contributed by atoms with Gasteiger partial charge in [-0.1, -0.05) is 79.7 Å². The molecule has 2 aliphatic heterocycles. The Morgan fingerprint density at radius 1 is 0.782 bits per heavy atom. The molecule has 0 radical (unpaired) electrons. The number of nitrogens with one attached hydrogen (secondary N) is 1. The van der Waals surface area contributed by atoms with Crippen LogP contribution in [-0.4, -0.2) is 64.7 Å². The first kappa shape index (κ1) is 38.0. The third-order valence-corrected chi connectivity index (χ3v) is 10.2. The molecule has 4 atom stereocenters. The first-order chi connectivity index (χ1) is 26.6. The summed E-state index contributed by atoms with van der Waals surface area (Å²) in [5.74, 6) is -11.9. The Hall–Kier alpha value is -5.28. The summed E-state index contributed by atoms with van der Waals surface area (Å²) in [5.41, 5.74) is 2.92. The molecule has 0 saturated carbocycles. The van der Waals surface area contributed by atoms with E-state index in [9.17, 15) is 31.9 Å². The van der Waals surface area contributed by atoms with Crippen LogP contribution in [0, 0.1) is 35.0 Å². The maximum Gasteiger partial charge on any atom is 0.257 e. The van der Waals surface area contributed by atoms with Crippen LogP contribution in [0.2, 0.25) is 0 Å². The van der Waals surface area contributed by atoms with Crippen molar-refractivity contribution in [2.45, 2.75) is 38.6 Å². The summed E-state index contributed by atoms with van der Waals surface area (Å²) in [6, 6.07) is 23.9. The van der Waals surface area contributed by atoms with Crippen LogP contribution in [0.1, 0.15) is 51.9 Å². The van der Waals surface area contributed by atoms with Crippen molar-refractivity contribution < 1.29 is 41.3 Å². The molecule has 1 amide bonds. The number of piperazine rings is 1. The number of aliphatic hydroxyl groups is 1. The number of amides is 1. The minimum atomic E-state index is -2.34. The molecular weight excluding hydrogens is 721 g/mol. The average Bonchev–Trinajstić information content (AvgIpc) is 3.23. The van der Waals surface area contributed by atoms with E-state index in [1.807, 2.05) is 48.5 Å². The summed E-state index contributed by atoms with van der Waals surface area (Å²) < 4.78 is 82.9. The smallest absolute Gasteiger partial charge is 0.257 e. The van der Waals surface area contributed by atoms with Crippen molar-refractivity contribution in [3.8, 4) is 11.1 Å². The van der Waals surface area contributed by atoms with E-state index in [2.05, 4.69) is 32.0 Å². The molecule has 0 aliphatic carbocycles. The molecule has 0 bridgehead atoms. The SMILES string of the molecule is CC1C(CN2CCN(c3ncccn3)CC2)OC(c2ccc(-c3ccccc3CNC(=O)c3c(F)c(F)c(F)c(F)c3F)cc2)OC1c1ccc(CO)cc1. The minimum Gasteiger partial charge on any atom is -0.392 e. The second-order valence-electron chi connectivity index (χ2n) is 13.6. The fourth-order valence-electron chi connectivity index (χ4n) is 7.01. The van der Waals surface area contributed by atoms with Gasteiger partial charge in [0.05, 0.1) is 18.8 Å². The number of carbonyl (C=O) groups excluding carboxylic acids is 1. The van der Waals surface area contributed by atoms with Crippen LogP contribution in [0.5, 0.6) is 0 Å². The van der Waals surface area contributed by atoms with Crippen molar-refractivity contribution in [3.05, 3.63) is 148 Å². The molecule has 3 heterocycles. The molecule has 1 aromatic heterocycles. The lowest BCUT2D eigenvalue weighted by molar-refractivity contribution is -0.276. The monoisotopic (exact) mass is 759 g/mol. The molecule has 2 fully saturated rings. The van der Waals surface area contributed by atoms with E-state index < -0.39 is 46.8 Å². The predicted octanol–water partition coefficient (Wildman–Crippen LogP) is 6.88. The van der Waals surface area contributed by atoms with E-state index in [-0.39, 0.29) is 31.3 Å². The summed E-state index contributed by atoms with van der Waals surface area (Å²) >= 11 is 0. The summed E-state index contributed by atoms with van der Waals surface area (Å²) in [7, 11) is 0. The zero-order chi connectivity index (χ0) is 38.6. The number of benzene rings is 4. The fraction of sp³-hybridized carbons (Fsp3) is 0.293. The van der Waals surface area contributed by atoms with Crippen molar-refractivity contribution in [1.82, 2.24) is 20.2 Å². The average molecular weight is 760 g/mol. The minimum absolute atomic E-state index is 0.0158. The number of nitrogens with zero attached hydrogens (tertiary/aromatic N) is 4. The van der Waals surface area contributed by atoms with Crippen LogP contribution < -0.4 is 10.2 Å². The molecule has 4 aromatic carbocycles. The van der Waals surface area contributed by atoms with Crippen LogP contribution in [0.3, 0.4) is 0 Å². The fourth-order valence-corrected chi connectivity index (χ4v) is 7.01. The number of ether oxygens (including phenoxy) is 2. The molecule has 9 nitrogen and oxygen atoms in total. The molecule has 4 unspecified atom stereocenters. The Bertz CT molecular complexity index is 2090. The Balaban J connectivity index is 1.08. The Morgan fingerprint density at radius 2 is 1.40 bits per heavy atom. The second kappa shape index (κ2) is 16.6. The number of aromatic nitrogens is 2. The summed E-state index contributed by atoms with van der Waals surface area (Å²) in [6.45, 7) is 5.64. The second-order valence-corrected chi connectivity index (χ2v) is 13.6. The third-order valence-electron chi connectivity index (χ3n) is 10.2. The normalized spacial score (nSPS) is 20.4. The van der Waals surface area contributed by atoms with Gasteiger partial charge in [-0.05, 0) is 33.9 Å². The quantitative estimate of drug-likeness (QED) is 0.0905. The van der Waals surface area contributed by atoms with Gasteiger partial charge in [0.1, 0.15) is 5.56 Å². The molecule has 14 heteroatoms. The standard InChI is InChI=1S/C41H38F5N5O4/c1-24-31(22-50-17-19-51(20-18-50)41-47-15-4-16-48-41)54-40(55-38(24)27-9-7-25(23-52)8-10-27)28-13-11-26(12-14-28)30-6-3-2-5-29(30)21-49-39(53)32-33(42)35(44)37(46)36(45)34(32)43/h2-16,24,31,38,40,52H,17-23H2,1H3,(H,49,53). The van der Waals surface area contributed by atoms with Crippen LogP contribution in [0.25, 0.3) is 11.1 Å². The Morgan fingerprint density at radius 3 is 2.05 bits per heavy atom. The summed E-state index contributed by atoms with van der Waals surface area (Å²) in [6.07, 6.45) is 2.26. The molecule has 2 saturated heterocycles. The van der Waals surface area contributed by atoms with Crippen LogP contribution in [0.15, 0.2) is 91.3 Å². The van der Waals surface area contributed by atoms with E-state index in [4.69, 9.17) is 9.47 Å². The van der Waals surface area contributed by atoms with E-state index in [0.717, 1.165) is 48.4 Å². The lowest BCUT2D eigenvalue weighted by Crippen LogP contribution is -2.51. The number of hydrogen-bond acceptors (Lipinski definition) is 8. The first-order valence-corrected chi connectivity index (χ1v) is 17.9. The number of carbonyl (C=O) groups is 1. The van der Waals surface area contributed by atoms with Crippen molar-refractivity contribution in [2.75, 3.05) is 37.6 Å². The van der Waals surface area contributed by atoms with Crippen LogP contribution in [-0.2, 0) is 22.6 Å². The lowest BCUT2D eigenvalue weighted by atomic mass is 9.89. The van der Waals surface area contributed by atoms with Gasteiger partial charge in [-0.3, -0.25) is 9.69 Å². The number of aliphatic hydroxyl groups excluding tert-OH is 1. The maximum absolute atomic E-state index is 14.3. The first-order valence-electron chi connectivity index (χ1n) is 17.9. The zero-order valence-electron chi connectivity index (χ0n) is 29.8. The number of hydrogen-bond donors (Lipinski definition) is 2. The molecule has 5 aromatic rings. The predicted molar refractivity (Wildman–Crippen MR) is 193 cm³/mol. The highest BCUT2D eigenvalue weighted by atomic mass is 19.2. The van der Waals surface area contributed by atoms with Gasteiger partial charge >= 0.3 is 0 Å². The highest BCUT2D eigenvalue weighted by Crippen LogP contribution is 2.42. The van der Waals surface area contributed by atoms with Crippen molar-refractivity contribution in [1.29, 1.82) is 0 Å². The van der Waals surface area contributed by atoms with Crippen molar-refractivity contribution >= 4 is 11.9 Å². The zero-order valence-corrected chi connectivity index (χ0v) is 29.8. The molecular formula is C41H38F5N5O4. The molecule has 286 valence electrons. The third kappa shape index (κ3) is 8.08. The maximum atomic E-state index is 14.3.